The van der Waals surface area contributed by atoms with E-state index in [9.17, 15) is 5.11 Å². The highest BCUT2D eigenvalue weighted by Gasteiger charge is 2.12. The lowest BCUT2D eigenvalue weighted by Crippen LogP contribution is -1.98. The van der Waals surface area contributed by atoms with E-state index in [2.05, 4.69) is 0 Å². The highest BCUT2D eigenvalue weighted by atomic mass is 16.5. The van der Waals surface area contributed by atoms with E-state index >= 15 is 0 Å². The average Bonchev–Trinajstić information content (AvgIpc) is 2.16. The van der Waals surface area contributed by atoms with E-state index in [1.807, 2.05) is 12.1 Å². The second kappa shape index (κ2) is 4.14. The molecular weight excluding hydrogens is 168 g/mol. The fourth-order valence-corrected chi connectivity index (χ4v) is 1.24. The molecule has 0 saturated heterocycles. The molecule has 0 amide bonds. The van der Waals surface area contributed by atoms with E-state index in [-0.39, 0.29) is 0 Å². The number of hydrogen-bond donors (Lipinski definition) is 1. The lowest BCUT2D eigenvalue weighted by atomic mass is 10.1. The molecule has 3 heteroatoms. The Bertz CT molecular complexity index is 281. The van der Waals surface area contributed by atoms with Crippen LogP contribution in [-0.4, -0.2) is 19.3 Å². The molecule has 72 valence electrons. The molecule has 1 rings (SSSR count). The molecule has 1 aromatic rings. The number of aliphatic hydroxyl groups is 1. The Morgan fingerprint density at radius 1 is 1.23 bits per heavy atom. The topological polar surface area (TPSA) is 38.7 Å². The Balaban J connectivity index is 3.19. The van der Waals surface area contributed by atoms with Gasteiger partial charge in [0.15, 0.2) is 11.5 Å². The second-order valence-corrected chi connectivity index (χ2v) is 2.76. The summed E-state index contributed by atoms with van der Waals surface area (Å²) in [5.41, 5.74) is 0.738. The summed E-state index contributed by atoms with van der Waals surface area (Å²) in [4.78, 5) is 0. The van der Waals surface area contributed by atoms with Crippen LogP contribution in [-0.2, 0) is 0 Å². The van der Waals surface area contributed by atoms with Gasteiger partial charge in [-0.2, -0.15) is 0 Å². The quantitative estimate of drug-likeness (QED) is 0.774. The Morgan fingerprint density at radius 3 is 2.38 bits per heavy atom. The molecule has 0 saturated carbocycles. The van der Waals surface area contributed by atoms with Crippen molar-refractivity contribution in [3.63, 3.8) is 0 Å². The van der Waals surface area contributed by atoms with E-state index < -0.39 is 6.10 Å². The molecule has 0 radical (unpaired) electrons. The van der Waals surface area contributed by atoms with Crippen molar-refractivity contribution in [2.75, 3.05) is 14.2 Å². The number of methoxy groups -OCH3 is 2. The van der Waals surface area contributed by atoms with Crippen molar-refractivity contribution in [1.29, 1.82) is 0 Å². The van der Waals surface area contributed by atoms with E-state index in [4.69, 9.17) is 9.47 Å². The van der Waals surface area contributed by atoms with Gasteiger partial charge in [-0.15, -0.1) is 0 Å². The first kappa shape index (κ1) is 9.86. The number of benzene rings is 1. The van der Waals surface area contributed by atoms with Crippen LogP contribution in [0.1, 0.15) is 18.6 Å². The van der Waals surface area contributed by atoms with Gasteiger partial charge < -0.3 is 14.6 Å². The summed E-state index contributed by atoms with van der Waals surface area (Å²) in [6, 6.07) is 5.43. The summed E-state index contributed by atoms with van der Waals surface area (Å²) in [6.45, 7) is 1.69. The number of rotatable bonds is 3. The van der Waals surface area contributed by atoms with Crippen LogP contribution in [0.4, 0.5) is 0 Å². The van der Waals surface area contributed by atoms with Gasteiger partial charge in [0.25, 0.3) is 0 Å². The highest BCUT2D eigenvalue weighted by molar-refractivity contribution is 5.47. The summed E-state index contributed by atoms with van der Waals surface area (Å²) in [5, 5.41) is 9.42. The molecule has 0 bridgehead atoms. The first-order valence-electron chi connectivity index (χ1n) is 4.09. The Labute approximate surface area is 77.9 Å². The number of aliphatic hydroxyl groups excluding tert-OH is 1. The molecule has 0 aliphatic rings. The lowest BCUT2D eigenvalue weighted by Gasteiger charge is -2.13. The van der Waals surface area contributed by atoms with Gasteiger partial charge in [0.1, 0.15) is 0 Å². The molecule has 1 aromatic carbocycles. The zero-order chi connectivity index (χ0) is 9.84. The normalized spacial score (nSPS) is 12.3. The summed E-state index contributed by atoms with van der Waals surface area (Å²) in [7, 11) is 3.13. The third-order valence-corrected chi connectivity index (χ3v) is 1.88. The van der Waals surface area contributed by atoms with Gasteiger partial charge in [0.2, 0.25) is 0 Å². The van der Waals surface area contributed by atoms with Gasteiger partial charge in [-0.1, -0.05) is 12.1 Å². The summed E-state index contributed by atoms with van der Waals surface area (Å²) in [5.74, 6) is 1.24. The fraction of sp³-hybridized carbons (Fsp3) is 0.400. The van der Waals surface area contributed by atoms with Crippen molar-refractivity contribution in [3.05, 3.63) is 23.8 Å². The molecule has 0 spiro atoms. The third-order valence-electron chi connectivity index (χ3n) is 1.88. The number of hydrogen-bond acceptors (Lipinski definition) is 3. The monoisotopic (exact) mass is 182 g/mol. The van der Waals surface area contributed by atoms with Crippen molar-refractivity contribution >= 4 is 0 Å². The Kier molecular flexibility index (Phi) is 3.14. The minimum atomic E-state index is -0.551. The summed E-state index contributed by atoms with van der Waals surface area (Å²) in [6.07, 6.45) is -0.551. The SMILES string of the molecule is COc1cccc([C@H](C)O)c1OC. The maximum Gasteiger partial charge on any atom is 0.166 e. The van der Waals surface area contributed by atoms with Crippen molar-refractivity contribution < 1.29 is 14.6 Å². The Hall–Kier alpha value is -1.22. The number of para-hydroxylation sites is 1. The number of ether oxygens (including phenoxy) is 2. The van der Waals surface area contributed by atoms with Crippen LogP contribution < -0.4 is 9.47 Å². The van der Waals surface area contributed by atoms with Crippen LogP contribution in [0.3, 0.4) is 0 Å². The highest BCUT2D eigenvalue weighted by Crippen LogP contribution is 2.34. The van der Waals surface area contributed by atoms with Gasteiger partial charge in [-0.3, -0.25) is 0 Å². The van der Waals surface area contributed by atoms with E-state index in [0.29, 0.717) is 11.5 Å². The van der Waals surface area contributed by atoms with Gasteiger partial charge in [0.05, 0.1) is 20.3 Å². The van der Waals surface area contributed by atoms with Crippen LogP contribution in [0.25, 0.3) is 0 Å². The van der Waals surface area contributed by atoms with Crippen LogP contribution >= 0.6 is 0 Å². The predicted octanol–water partition coefficient (Wildman–Crippen LogP) is 1.76. The molecule has 0 aliphatic heterocycles. The maximum atomic E-state index is 9.42. The minimum absolute atomic E-state index is 0.551. The van der Waals surface area contributed by atoms with Gasteiger partial charge in [-0.05, 0) is 13.0 Å². The first-order valence-corrected chi connectivity index (χ1v) is 4.09. The van der Waals surface area contributed by atoms with Crippen LogP contribution in [0, 0.1) is 0 Å². The molecule has 0 unspecified atom stereocenters. The van der Waals surface area contributed by atoms with Crippen molar-refractivity contribution in [2.45, 2.75) is 13.0 Å². The molecule has 1 atom stereocenters. The predicted molar refractivity (Wildman–Crippen MR) is 50.2 cm³/mol. The molecule has 0 fully saturated rings. The van der Waals surface area contributed by atoms with Crippen molar-refractivity contribution in [3.8, 4) is 11.5 Å². The van der Waals surface area contributed by atoms with Crippen LogP contribution in [0.5, 0.6) is 11.5 Å². The fourth-order valence-electron chi connectivity index (χ4n) is 1.24. The molecule has 1 N–H and O–H groups in total. The molecule has 13 heavy (non-hydrogen) atoms. The van der Waals surface area contributed by atoms with Crippen LogP contribution in [0.2, 0.25) is 0 Å². The summed E-state index contributed by atoms with van der Waals surface area (Å²) < 4.78 is 10.2. The molecule has 0 heterocycles. The average molecular weight is 182 g/mol. The van der Waals surface area contributed by atoms with Crippen LogP contribution in [0.15, 0.2) is 18.2 Å². The molecule has 3 nitrogen and oxygen atoms in total. The van der Waals surface area contributed by atoms with Gasteiger partial charge in [0, 0.05) is 5.56 Å². The lowest BCUT2D eigenvalue weighted by molar-refractivity contribution is 0.193. The molecule has 0 aliphatic carbocycles. The zero-order valence-corrected chi connectivity index (χ0v) is 8.07. The third kappa shape index (κ3) is 1.92. The standard InChI is InChI=1S/C10H14O3/c1-7(11)8-5-4-6-9(12-2)10(8)13-3/h4-7,11H,1-3H3/t7-/m0/s1. The molecule has 0 aromatic heterocycles. The zero-order valence-electron chi connectivity index (χ0n) is 8.07. The smallest absolute Gasteiger partial charge is 0.166 e. The van der Waals surface area contributed by atoms with Gasteiger partial charge in [-0.25, -0.2) is 0 Å². The van der Waals surface area contributed by atoms with Crippen molar-refractivity contribution in [2.24, 2.45) is 0 Å². The van der Waals surface area contributed by atoms with E-state index in [1.54, 1.807) is 27.2 Å². The van der Waals surface area contributed by atoms with Crippen molar-refractivity contribution in [1.82, 2.24) is 0 Å². The maximum absolute atomic E-state index is 9.42. The largest absolute Gasteiger partial charge is 0.493 e. The van der Waals surface area contributed by atoms with Gasteiger partial charge >= 0.3 is 0 Å². The molecular formula is C10H14O3. The minimum Gasteiger partial charge on any atom is -0.493 e. The Morgan fingerprint density at radius 2 is 1.92 bits per heavy atom. The first-order chi connectivity index (χ1) is 6.20. The van der Waals surface area contributed by atoms with E-state index in [0.717, 1.165) is 5.56 Å². The second-order valence-electron chi connectivity index (χ2n) is 2.76. The van der Waals surface area contributed by atoms with E-state index in [1.165, 1.54) is 0 Å². The summed E-state index contributed by atoms with van der Waals surface area (Å²) >= 11 is 0.